The van der Waals surface area contributed by atoms with Crippen molar-refractivity contribution < 1.29 is 55.5 Å². The van der Waals surface area contributed by atoms with Crippen LogP contribution < -0.4 is 9.13 Å². The van der Waals surface area contributed by atoms with Gasteiger partial charge in [-0.15, -0.1) is 0 Å². The number of phenolic OH excluding ortho intramolecular Hbond substituents is 4. The Bertz CT molecular complexity index is 1380. The average molecular weight is 593 g/mol. The fraction of sp³-hybridized carbons (Fsp3) is 0.154. The van der Waals surface area contributed by atoms with E-state index >= 15 is 0 Å². The summed E-state index contributed by atoms with van der Waals surface area (Å²) in [6.45, 7) is 0.176. The molecule has 214 valence electrons. The van der Waals surface area contributed by atoms with E-state index in [-0.39, 0.29) is 36.1 Å². The van der Waals surface area contributed by atoms with Gasteiger partial charge in [-0.3, -0.25) is 0 Å². The summed E-state index contributed by atoms with van der Waals surface area (Å²) < 4.78 is 66.9. The van der Waals surface area contributed by atoms with Gasteiger partial charge in [0.05, 0.1) is 11.5 Å². The largest absolute Gasteiger partial charge is 0.748 e. The maximum atomic E-state index is 10.6. The summed E-state index contributed by atoms with van der Waals surface area (Å²) in [4.78, 5) is 0. The van der Waals surface area contributed by atoms with Crippen LogP contribution in [0.5, 0.6) is 23.0 Å². The van der Waals surface area contributed by atoms with Gasteiger partial charge >= 0.3 is 0 Å². The van der Waals surface area contributed by atoms with Gasteiger partial charge in [-0.25, -0.2) is 26.0 Å². The molecule has 2 aromatic carbocycles. The number of hydrogen-bond acceptors (Lipinski definition) is 10. The third-order valence-electron chi connectivity index (χ3n) is 5.01. The van der Waals surface area contributed by atoms with Gasteiger partial charge in [0.25, 0.3) is 0 Å². The van der Waals surface area contributed by atoms with Crippen molar-refractivity contribution in [2.45, 2.75) is 13.1 Å². The monoisotopic (exact) mass is 592 g/mol. The predicted molar refractivity (Wildman–Crippen MR) is 141 cm³/mol. The molecule has 0 unspecified atom stereocenters. The van der Waals surface area contributed by atoms with Crippen molar-refractivity contribution in [3.63, 3.8) is 0 Å². The average Bonchev–Trinajstić information content (AvgIpc) is 2.90. The zero-order valence-electron chi connectivity index (χ0n) is 21.0. The van der Waals surface area contributed by atoms with Gasteiger partial charge in [-0.2, -0.15) is 0 Å². The summed E-state index contributed by atoms with van der Waals surface area (Å²) in [6, 6.07) is 18.5. The molecule has 4 rings (SSSR count). The maximum absolute atomic E-state index is 10.6. The van der Waals surface area contributed by atoms with Crippen molar-refractivity contribution in [1.29, 1.82) is 0 Å². The summed E-state index contributed by atoms with van der Waals surface area (Å²) in [7, 11) is -8.49. The number of pyridine rings is 2. The molecule has 0 atom stereocenters. The van der Waals surface area contributed by atoms with Crippen molar-refractivity contribution in [1.82, 2.24) is 0 Å². The predicted octanol–water partition coefficient (Wildman–Crippen LogP) is 1.21. The number of nitrogens with zero attached hydrogens (tertiary/aromatic N) is 2. The summed E-state index contributed by atoms with van der Waals surface area (Å²) in [5, 5.41) is 34.6. The molecule has 40 heavy (non-hydrogen) atoms. The van der Waals surface area contributed by atoms with Crippen molar-refractivity contribution >= 4 is 20.2 Å². The minimum atomic E-state index is -4.24. The SMILES string of the molecule is O=S(=O)([O-])CC[n+]1ccc(-c2cc[n+](CCS(=O)(=O)[O-])cc2)cc1.Oc1ccc(O)cc1.Oc1ccc(O)cc1. The lowest BCUT2D eigenvalue weighted by Gasteiger charge is -2.05. The van der Waals surface area contributed by atoms with E-state index in [9.17, 15) is 25.9 Å². The van der Waals surface area contributed by atoms with Crippen LogP contribution in [0.2, 0.25) is 0 Å². The molecule has 2 aromatic heterocycles. The second kappa shape index (κ2) is 14.8. The number of aryl methyl sites for hydroxylation is 2. The molecular formula is C26H28N2O10S2. The van der Waals surface area contributed by atoms with Crippen LogP contribution in [0.25, 0.3) is 11.1 Å². The molecule has 0 fully saturated rings. The van der Waals surface area contributed by atoms with E-state index in [4.69, 9.17) is 20.4 Å². The van der Waals surface area contributed by atoms with E-state index in [1.54, 1.807) is 58.2 Å². The van der Waals surface area contributed by atoms with Gasteiger partial charge in [-0.05, 0) is 59.7 Å². The molecule has 4 N–H and O–H groups in total. The Labute approximate surface area is 231 Å². The first-order valence-electron chi connectivity index (χ1n) is 11.5. The Kier molecular flexibility index (Phi) is 11.8. The summed E-state index contributed by atoms with van der Waals surface area (Å²) in [6.07, 6.45) is 6.69. The molecule has 0 radical (unpaired) electrons. The third-order valence-corrected chi connectivity index (χ3v) is 6.38. The number of phenols is 4. The Balaban J connectivity index is 0.000000282. The number of benzene rings is 2. The number of aromatic nitrogens is 2. The molecule has 0 bridgehead atoms. The van der Waals surface area contributed by atoms with Gasteiger partial charge in [-0.1, -0.05) is 0 Å². The van der Waals surface area contributed by atoms with E-state index in [1.165, 1.54) is 48.5 Å². The third kappa shape index (κ3) is 13.5. The smallest absolute Gasteiger partial charge is 0.169 e. The molecule has 0 amide bonds. The quantitative estimate of drug-likeness (QED) is 0.137. The second-order valence-corrected chi connectivity index (χ2v) is 11.3. The normalized spacial score (nSPS) is 10.9. The van der Waals surface area contributed by atoms with Gasteiger partial charge in [0.15, 0.2) is 37.9 Å². The highest BCUT2D eigenvalue weighted by Crippen LogP contribution is 2.16. The van der Waals surface area contributed by atoms with Crippen LogP contribution in [0.15, 0.2) is 97.6 Å². The van der Waals surface area contributed by atoms with Crippen LogP contribution in [-0.4, -0.2) is 57.9 Å². The Morgan fingerprint density at radius 2 is 0.700 bits per heavy atom. The van der Waals surface area contributed by atoms with E-state index in [0.717, 1.165) is 11.1 Å². The van der Waals surface area contributed by atoms with Crippen LogP contribution in [0.1, 0.15) is 0 Å². The van der Waals surface area contributed by atoms with Crippen LogP contribution >= 0.6 is 0 Å². The highest BCUT2D eigenvalue weighted by Gasteiger charge is 2.08. The van der Waals surface area contributed by atoms with E-state index in [2.05, 4.69) is 0 Å². The topological polar surface area (TPSA) is 203 Å². The molecule has 0 aliphatic carbocycles. The van der Waals surface area contributed by atoms with Gasteiger partial charge in [0.1, 0.15) is 43.2 Å². The summed E-state index contributed by atoms with van der Waals surface area (Å²) >= 11 is 0. The molecule has 12 nitrogen and oxygen atoms in total. The Hall–Kier alpha value is -4.24. The Morgan fingerprint density at radius 3 is 0.900 bits per heavy atom. The molecule has 0 aliphatic heterocycles. The van der Waals surface area contributed by atoms with Gasteiger partial charge < -0.3 is 29.5 Å². The van der Waals surface area contributed by atoms with Crippen LogP contribution in [-0.2, 0) is 33.3 Å². The molecular weight excluding hydrogens is 564 g/mol. The molecule has 0 saturated heterocycles. The lowest BCUT2D eigenvalue weighted by molar-refractivity contribution is -0.692. The van der Waals surface area contributed by atoms with Crippen molar-refractivity contribution in [2.75, 3.05) is 11.5 Å². The number of aromatic hydroxyl groups is 4. The summed E-state index contributed by atoms with van der Waals surface area (Å²) in [5.74, 6) is -0.258. The van der Waals surface area contributed by atoms with E-state index in [0.29, 0.717) is 0 Å². The second-order valence-electron chi connectivity index (χ2n) is 8.21. The molecule has 0 saturated carbocycles. The van der Waals surface area contributed by atoms with Crippen molar-refractivity contribution in [3.8, 4) is 34.1 Å². The minimum absolute atomic E-state index is 0.0879. The van der Waals surface area contributed by atoms with Crippen molar-refractivity contribution in [2.24, 2.45) is 0 Å². The molecule has 0 aliphatic rings. The zero-order chi connectivity index (χ0) is 29.8. The summed E-state index contributed by atoms with van der Waals surface area (Å²) in [5.41, 5.74) is 1.75. The standard InChI is InChI=1S/C14H16N2O6S2.2C6H6O2/c17-23(18,19)11-9-15-5-1-13(2-6-15)14-3-7-16(8-4-14)10-12-24(20,21)22;2*7-5-1-2-6(8)4-3-5/h1-8H,9-12H2;2*1-4,7-8H. The molecule has 14 heteroatoms. The molecule has 4 aromatic rings. The van der Waals surface area contributed by atoms with E-state index < -0.39 is 31.7 Å². The first-order valence-corrected chi connectivity index (χ1v) is 14.7. The highest BCUT2D eigenvalue weighted by atomic mass is 32.2. The first-order chi connectivity index (χ1) is 18.7. The minimum Gasteiger partial charge on any atom is -0.748 e. The van der Waals surface area contributed by atoms with Crippen LogP contribution in [0.3, 0.4) is 0 Å². The number of hydrogen-bond donors (Lipinski definition) is 4. The lowest BCUT2D eigenvalue weighted by Crippen LogP contribution is -2.36. The van der Waals surface area contributed by atoms with E-state index in [1.807, 2.05) is 0 Å². The zero-order valence-corrected chi connectivity index (χ0v) is 22.6. The molecule has 2 heterocycles. The Morgan fingerprint density at radius 1 is 0.475 bits per heavy atom. The first kappa shape index (κ1) is 32.0. The number of rotatable bonds is 7. The van der Waals surface area contributed by atoms with Crippen molar-refractivity contribution in [3.05, 3.63) is 97.6 Å². The molecule has 0 spiro atoms. The van der Waals surface area contributed by atoms with Crippen LogP contribution in [0, 0.1) is 0 Å². The maximum Gasteiger partial charge on any atom is 0.169 e. The van der Waals surface area contributed by atoms with Gasteiger partial charge in [0, 0.05) is 24.3 Å². The fourth-order valence-corrected chi connectivity index (χ4v) is 3.81. The van der Waals surface area contributed by atoms with Crippen LogP contribution in [0.4, 0.5) is 0 Å². The fourth-order valence-electron chi connectivity index (χ4n) is 2.94. The lowest BCUT2D eigenvalue weighted by atomic mass is 10.1. The highest BCUT2D eigenvalue weighted by molar-refractivity contribution is 7.85. The van der Waals surface area contributed by atoms with Gasteiger partial charge in [0.2, 0.25) is 0 Å².